The molecule has 1 N–H and O–H groups in total. The van der Waals surface area contributed by atoms with E-state index in [1.807, 2.05) is 37.3 Å². The summed E-state index contributed by atoms with van der Waals surface area (Å²) < 4.78 is 5.88. The van der Waals surface area contributed by atoms with E-state index in [2.05, 4.69) is 20.3 Å². The van der Waals surface area contributed by atoms with Crippen molar-refractivity contribution in [1.82, 2.24) is 20.3 Å². The molecule has 8 heteroatoms. The van der Waals surface area contributed by atoms with E-state index < -0.39 is 18.1 Å². The Morgan fingerprint density at radius 2 is 1.90 bits per heavy atom. The lowest BCUT2D eigenvalue weighted by atomic mass is 10.1. The lowest BCUT2D eigenvalue weighted by molar-refractivity contribution is -0.121. The summed E-state index contributed by atoms with van der Waals surface area (Å²) in [6.07, 6.45) is 2.58. The molecular formula is C22H21N5O3. The number of aryl methyl sites for hydroxylation is 1. The molecule has 2 amide bonds. The minimum Gasteiger partial charge on any atom is -0.484 e. The molecule has 0 saturated carbocycles. The molecule has 0 saturated heterocycles. The quantitative estimate of drug-likeness (QED) is 0.721. The Morgan fingerprint density at radius 1 is 1.13 bits per heavy atom. The van der Waals surface area contributed by atoms with Gasteiger partial charge >= 0.3 is 0 Å². The number of carbonyl (C=O) groups is 2. The number of amides is 2. The molecule has 4 rings (SSSR count). The molecule has 152 valence electrons. The molecule has 0 fully saturated rings. The Labute approximate surface area is 173 Å². The van der Waals surface area contributed by atoms with Gasteiger partial charge in [-0.05, 0) is 31.5 Å². The van der Waals surface area contributed by atoms with E-state index in [-0.39, 0.29) is 11.7 Å². The normalized spacial score (nSPS) is 18.2. The maximum absolute atomic E-state index is 13.0. The second-order valence-electron chi connectivity index (χ2n) is 7.09. The van der Waals surface area contributed by atoms with Crippen LogP contribution in [0.5, 0.6) is 5.75 Å². The van der Waals surface area contributed by atoms with E-state index in [1.54, 1.807) is 38.5 Å². The van der Waals surface area contributed by atoms with Crippen LogP contribution in [0.15, 0.2) is 54.9 Å². The molecular weight excluding hydrogens is 382 g/mol. The standard InChI is InChI=1S/C22H21N5O3/c1-13-12-24-19(25-17(13)15-8-5-4-6-9-15)21(28)26-18-14(2)30-16-10-7-11-23-20(16)27(3)22(18)29/h4-12,14,18H,1-3H3,(H,26,28)/t14-,18+/m1/s1. The number of nitrogens with one attached hydrogen (secondary N) is 1. The molecule has 0 unspecified atom stereocenters. The lowest BCUT2D eigenvalue weighted by Crippen LogP contribution is -2.53. The number of carbonyl (C=O) groups excluding carboxylic acids is 2. The molecule has 1 aromatic carbocycles. The zero-order valence-corrected chi connectivity index (χ0v) is 16.9. The summed E-state index contributed by atoms with van der Waals surface area (Å²) in [5, 5.41) is 2.73. The van der Waals surface area contributed by atoms with Crippen LogP contribution in [0.3, 0.4) is 0 Å². The SMILES string of the molecule is Cc1cnc(C(=O)N[C@@H]2C(=O)N(C)c3ncccc3O[C@@H]2C)nc1-c1ccccc1. The van der Waals surface area contributed by atoms with Crippen LogP contribution in [-0.2, 0) is 4.79 Å². The number of hydrogen-bond acceptors (Lipinski definition) is 6. The fourth-order valence-corrected chi connectivity index (χ4v) is 3.33. The molecule has 1 aliphatic rings. The van der Waals surface area contributed by atoms with Crippen LogP contribution in [0.25, 0.3) is 11.3 Å². The van der Waals surface area contributed by atoms with E-state index in [4.69, 9.17) is 4.74 Å². The van der Waals surface area contributed by atoms with Gasteiger partial charge in [-0.2, -0.15) is 0 Å². The van der Waals surface area contributed by atoms with Gasteiger partial charge in [-0.25, -0.2) is 15.0 Å². The van der Waals surface area contributed by atoms with Crippen molar-refractivity contribution in [3.05, 3.63) is 66.2 Å². The van der Waals surface area contributed by atoms with Gasteiger partial charge in [0, 0.05) is 25.0 Å². The third-order valence-corrected chi connectivity index (χ3v) is 4.96. The van der Waals surface area contributed by atoms with Crippen molar-refractivity contribution >= 4 is 17.6 Å². The summed E-state index contributed by atoms with van der Waals surface area (Å²) >= 11 is 0. The first-order valence-corrected chi connectivity index (χ1v) is 9.55. The smallest absolute Gasteiger partial charge is 0.289 e. The monoisotopic (exact) mass is 403 g/mol. The van der Waals surface area contributed by atoms with Gasteiger partial charge in [-0.15, -0.1) is 0 Å². The first-order valence-electron chi connectivity index (χ1n) is 9.55. The number of nitrogens with zero attached hydrogens (tertiary/aromatic N) is 4. The molecule has 3 heterocycles. The Hall–Kier alpha value is -3.81. The van der Waals surface area contributed by atoms with Crippen LogP contribution < -0.4 is 15.0 Å². The third kappa shape index (κ3) is 3.59. The summed E-state index contributed by atoms with van der Waals surface area (Å²) in [5.41, 5.74) is 2.40. The van der Waals surface area contributed by atoms with Crippen molar-refractivity contribution in [2.45, 2.75) is 26.0 Å². The minimum absolute atomic E-state index is 0.0120. The summed E-state index contributed by atoms with van der Waals surface area (Å²) in [5.74, 6) is -0.00131. The van der Waals surface area contributed by atoms with Crippen molar-refractivity contribution in [1.29, 1.82) is 0 Å². The van der Waals surface area contributed by atoms with E-state index >= 15 is 0 Å². The highest BCUT2D eigenvalue weighted by Crippen LogP contribution is 2.29. The fourth-order valence-electron chi connectivity index (χ4n) is 3.33. The van der Waals surface area contributed by atoms with Crippen LogP contribution in [0, 0.1) is 6.92 Å². The minimum atomic E-state index is -0.915. The van der Waals surface area contributed by atoms with Crippen molar-refractivity contribution < 1.29 is 14.3 Å². The van der Waals surface area contributed by atoms with Gasteiger partial charge in [-0.3, -0.25) is 14.5 Å². The number of hydrogen-bond donors (Lipinski definition) is 1. The van der Waals surface area contributed by atoms with E-state index in [0.717, 1.165) is 11.1 Å². The molecule has 1 aliphatic heterocycles. The second-order valence-corrected chi connectivity index (χ2v) is 7.09. The highest BCUT2D eigenvalue weighted by Gasteiger charge is 2.36. The van der Waals surface area contributed by atoms with Crippen molar-refractivity contribution in [2.24, 2.45) is 0 Å². The molecule has 0 radical (unpaired) electrons. The number of rotatable bonds is 3. The number of ether oxygens (including phenoxy) is 1. The van der Waals surface area contributed by atoms with Crippen LogP contribution in [0.2, 0.25) is 0 Å². The van der Waals surface area contributed by atoms with E-state index in [9.17, 15) is 9.59 Å². The number of fused-ring (bicyclic) bond motifs is 1. The van der Waals surface area contributed by atoms with Gasteiger partial charge in [0.15, 0.2) is 11.6 Å². The van der Waals surface area contributed by atoms with Crippen LogP contribution in [0.4, 0.5) is 5.82 Å². The number of aromatic nitrogens is 3. The highest BCUT2D eigenvalue weighted by atomic mass is 16.5. The van der Waals surface area contributed by atoms with Gasteiger partial charge in [0.2, 0.25) is 5.82 Å². The predicted octanol–water partition coefficient (Wildman–Crippen LogP) is 2.39. The Kier molecular flexibility index (Phi) is 5.14. The predicted molar refractivity (Wildman–Crippen MR) is 111 cm³/mol. The molecule has 2 aromatic heterocycles. The number of anilines is 1. The first kappa shape index (κ1) is 19.5. The summed E-state index contributed by atoms with van der Waals surface area (Å²) in [6, 6.07) is 12.1. The van der Waals surface area contributed by atoms with E-state index in [1.165, 1.54) is 4.90 Å². The second kappa shape index (κ2) is 7.90. The molecule has 0 spiro atoms. The fraction of sp³-hybridized carbons (Fsp3) is 0.227. The summed E-state index contributed by atoms with van der Waals surface area (Å²) in [6.45, 7) is 3.61. The Morgan fingerprint density at radius 3 is 2.67 bits per heavy atom. The van der Waals surface area contributed by atoms with Crippen LogP contribution in [0.1, 0.15) is 23.1 Å². The Balaban J connectivity index is 1.60. The molecule has 2 atom stereocenters. The highest BCUT2D eigenvalue weighted by molar-refractivity contribution is 6.02. The maximum atomic E-state index is 13.0. The van der Waals surface area contributed by atoms with E-state index in [0.29, 0.717) is 17.3 Å². The molecule has 0 bridgehead atoms. The third-order valence-electron chi connectivity index (χ3n) is 4.96. The Bertz CT molecular complexity index is 1100. The van der Waals surface area contributed by atoms with Crippen LogP contribution in [-0.4, -0.2) is 46.0 Å². The molecule has 0 aliphatic carbocycles. The van der Waals surface area contributed by atoms with Gasteiger partial charge < -0.3 is 10.1 Å². The lowest BCUT2D eigenvalue weighted by Gasteiger charge is -2.23. The van der Waals surface area contributed by atoms with Gasteiger partial charge in [0.1, 0.15) is 12.1 Å². The van der Waals surface area contributed by atoms with Crippen molar-refractivity contribution in [2.75, 3.05) is 11.9 Å². The maximum Gasteiger partial charge on any atom is 0.289 e. The zero-order valence-electron chi connectivity index (χ0n) is 16.9. The van der Waals surface area contributed by atoms with Crippen molar-refractivity contribution in [3.8, 4) is 17.0 Å². The zero-order chi connectivity index (χ0) is 21.3. The topological polar surface area (TPSA) is 97.3 Å². The average molecular weight is 403 g/mol. The summed E-state index contributed by atoms with van der Waals surface area (Å²) in [4.78, 5) is 40.1. The number of likely N-dealkylation sites (N-methyl/N-ethyl adjacent to an activating group) is 1. The van der Waals surface area contributed by atoms with Crippen molar-refractivity contribution in [3.63, 3.8) is 0 Å². The average Bonchev–Trinajstić information content (AvgIpc) is 2.85. The number of pyridine rings is 1. The molecule has 8 nitrogen and oxygen atoms in total. The molecule has 30 heavy (non-hydrogen) atoms. The first-order chi connectivity index (χ1) is 14.5. The summed E-state index contributed by atoms with van der Waals surface area (Å²) in [7, 11) is 1.60. The van der Waals surface area contributed by atoms with Crippen LogP contribution >= 0.6 is 0 Å². The largest absolute Gasteiger partial charge is 0.484 e. The molecule has 3 aromatic rings. The van der Waals surface area contributed by atoms with Gasteiger partial charge in [-0.1, -0.05) is 30.3 Å². The number of benzene rings is 1. The van der Waals surface area contributed by atoms with Gasteiger partial charge in [0.25, 0.3) is 11.8 Å². The van der Waals surface area contributed by atoms with Gasteiger partial charge in [0.05, 0.1) is 5.69 Å².